The summed E-state index contributed by atoms with van der Waals surface area (Å²) in [5, 5.41) is 16.2. The molecule has 5 rings (SSSR count). The van der Waals surface area contributed by atoms with Crippen LogP contribution in [-0.4, -0.2) is 47.6 Å². The maximum Gasteiger partial charge on any atom is 0.416 e. The Morgan fingerprint density at radius 1 is 1.00 bits per heavy atom. The van der Waals surface area contributed by atoms with Gasteiger partial charge in [0.1, 0.15) is 43.1 Å². The number of halogens is 4. The molecule has 0 saturated heterocycles. The Labute approximate surface area is 264 Å². The molecule has 0 unspecified atom stereocenters. The maximum absolute atomic E-state index is 13.4. The third-order valence-electron chi connectivity index (χ3n) is 6.60. The van der Waals surface area contributed by atoms with Gasteiger partial charge in [0.25, 0.3) is 10.0 Å². The first-order valence-corrected chi connectivity index (χ1v) is 15.9. The van der Waals surface area contributed by atoms with Crippen LogP contribution in [0.15, 0.2) is 77.3 Å². The van der Waals surface area contributed by atoms with E-state index in [-0.39, 0.29) is 30.5 Å². The van der Waals surface area contributed by atoms with Crippen molar-refractivity contribution in [3.05, 3.63) is 95.3 Å². The van der Waals surface area contributed by atoms with E-state index in [1.165, 1.54) is 23.0 Å². The van der Waals surface area contributed by atoms with Gasteiger partial charge in [-0.3, -0.25) is 4.79 Å². The van der Waals surface area contributed by atoms with Crippen LogP contribution in [0.2, 0.25) is 0 Å². The van der Waals surface area contributed by atoms with Gasteiger partial charge in [-0.1, -0.05) is 29.5 Å². The van der Waals surface area contributed by atoms with Crippen molar-refractivity contribution in [3.8, 4) is 11.5 Å². The van der Waals surface area contributed by atoms with Crippen LogP contribution < -0.4 is 19.9 Å². The number of amides is 1. The number of primary sulfonamides is 1. The number of fused-ring (bicyclic) bond motifs is 1. The van der Waals surface area contributed by atoms with E-state index < -0.39 is 40.4 Å². The van der Waals surface area contributed by atoms with Crippen molar-refractivity contribution < 1.29 is 40.2 Å². The van der Waals surface area contributed by atoms with Gasteiger partial charge in [0.2, 0.25) is 10.2 Å². The molecule has 242 valence electrons. The summed E-state index contributed by atoms with van der Waals surface area (Å²) < 4.78 is 87.3. The van der Waals surface area contributed by atoms with E-state index in [4.69, 9.17) is 14.6 Å². The predicted octanol–water partition coefficient (Wildman–Crippen LogP) is 4.58. The van der Waals surface area contributed by atoms with Crippen LogP contribution in [0.3, 0.4) is 0 Å². The molecule has 2 aromatic heterocycles. The first kappa shape index (κ1) is 32.8. The van der Waals surface area contributed by atoms with E-state index in [0.29, 0.717) is 33.0 Å². The van der Waals surface area contributed by atoms with Crippen molar-refractivity contribution in [2.24, 2.45) is 5.14 Å². The Morgan fingerprint density at radius 3 is 2.37 bits per heavy atom. The Kier molecular flexibility index (Phi) is 9.83. The fourth-order valence-electron chi connectivity index (χ4n) is 4.31. The van der Waals surface area contributed by atoms with E-state index in [2.05, 4.69) is 20.6 Å². The van der Waals surface area contributed by atoms with E-state index in [1.807, 2.05) is 0 Å². The first-order chi connectivity index (χ1) is 21.9. The zero-order valence-corrected chi connectivity index (χ0v) is 25.4. The Balaban J connectivity index is 1.30. The number of hydrogen-bond donors (Lipinski definition) is 2. The normalized spacial score (nSPS) is 12.6. The van der Waals surface area contributed by atoms with Crippen LogP contribution in [0.5, 0.6) is 11.5 Å². The van der Waals surface area contributed by atoms with Gasteiger partial charge in [-0.15, -0.1) is 16.4 Å². The lowest BCUT2D eigenvalue weighted by Gasteiger charge is -2.17. The fraction of sp³-hybridized carbons (Fsp3) is 0.241. The highest BCUT2D eigenvalue weighted by molar-refractivity contribution is 7.91. The maximum atomic E-state index is 13.4. The molecule has 0 bridgehead atoms. The number of nitrogens with two attached hydrogens (primary N) is 1. The highest BCUT2D eigenvalue weighted by Crippen LogP contribution is 2.30. The molecule has 0 aliphatic rings. The minimum absolute atomic E-state index is 0.0264. The quantitative estimate of drug-likeness (QED) is 0.172. The van der Waals surface area contributed by atoms with Gasteiger partial charge >= 0.3 is 6.18 Å². The molecule has 0 fully saturated rings. The van der Waals surface area contributed by atoms with E-state index in [9.17, 15) is 30.8 Å². The molecule has 5 aromatic rings. The second-order valence-electron chi connectivity index (χ2n) is 9.95. The van der Waals surface area contributed by atoms with Crippen LogP contribution in [0.25, 0.3) is 10.2 Å². The van der Waals surface area contributed by atoms with E-state index >= 15 is 0 Å². The number of carbonyl (C=O) groups excluding carboxylic acids is 1. The van der Waals surface area contributed by atoms with Crippen LogP contribution in [0.4, 0.5) is 17.6 Å². The number of benzene rings is 3. The summed E-state index contributed by atoms with van der Waals surface area (Å²) in [5.41, 5.74) is 1.23. The molecule has 3 N–H and O–H groups in total. The Hall–Kier alpha value is -4.61. The standard InChI is InChI=1S/C29H26F4N6O5S2/c30-11-12-43-22-7-3-18(4-8-22)13-25(27(40)35-15-19-1-5-20(6-2-19)29(31,32)33)39-16-21(37-38-39)17-44-23-9-10-24-26(14-23)45-28(36-24)46(34,41)42/h1-10,14,16,25H,11-13,15,17H2,(H,35,40)(H2,34,41,42)/t25-/m0/s1. The van der Waals surface area contributed by atoms with Crippen LogP contribution in [0.1, 0.15) is 28.4 Å². The number of rotatable bonds is 13. The number of nitrogens with one attached hydrogen (secondary N) is 1. The summed E-state index contributed by atoms with van der Waals surface area (Å²) in [7, 11) is -3.95. The number of alkyl halides is 4. The third kappa shape index (κ3) is 8.35. The van der Waals surface area contributed by atoms with E-state index in [1.54, 1.807) is 42.5 Å². The zero-order valence-electron chi connectivity index (χ0n) is 23.8. The number of sulfonamides is 1. The first-order valence-electron chi connectivity index (χ1n) is 13.6. The highest BCUT2D eigenvalue weighted by Gasteiger charge is 2.30. The summed E-state index contributed by atoms with van der Waals surface area (Å²) in [5.74, 6) is 0.409. The van der Waals surface area contributed by atoms with Crippen molar-refractivity contribution in [2.45, 2.75) is 36.1 Å². The van der Waals surface area contributed by atoms with Gasteiger partial charge in [0.15, 0.2) is 0 Å². The van der Waals surface area contributed by atoms with Gasteiger partial charge in [-0.2, -0.15) is 13.2 Å². The molecule has 46 heavy (non-hydrogen) atoms. The summed E-state index contributed by atoms with van der Waals surface area (Å²) in [6, 6.07) is 15.1. The number of ether oxygens (including phenoxy) is 2. The van der Waals surface area contributed by atoms with E-state index in [0.717, 1.165) is 29.0 Å². The lowest BCUT2D eigenvalue weighted by atomic mass is 10.0. The Morgan fingerprint density at radius 2 is 1.70 bits per heavy atom. The van der Waals surface area contributed by atoms with Crippen LogP contribution in [0, 0.1) is 0 Å². The highest BCUT2D eigenvalue weighted by atomic mass is 32.2. The van der Waals surface area contributed by atoms with Gasteiger partial charge in [0.05, 0.1) is 22.0 Å². The molecule has 1 atom stereocenters. The van der Waals surface area contributed by atoms with Gasteiger partial charge < -0.3 is 14.8 Å². The summed E-state index contributed by atoms with van der Waals surface area (Å²) >= 11 is 0.906. The summed E-state index contributed by atoms with van der Waals surface area (Å²) in [4.78, 5) is 17.4. The molecule has 11 nitrogen and oxygen atoms in total. The fourth-order valence-corrected chi connectivity index (χ4v) is 6.00. The summed E-state index contributed by atoms with van der Waals surface area (Å²) in [6.07, 6.45) is -2.77. The molecule has 2 heterocycles. The molecule has 0 radical (unpaired) electrons. The van der Waals surface area contributed by atoms with Crippen LogP contribution >= 0.6 is 11.3 Å². The molecule has 0 aliphatic carbocycles. The number of aromatic nitrogens is 4. The molecular formula is C29H26F4N6O5S2. The van der Waals surface area contributed by atoms with Crippen molar-refractivity contribution in [1.29, 1.82) is 0 Å². The SMILES string of the molecule is NS(=O)(=O)c1nc2ccc(OCc3cn([C@@H](Cc4ccc(OCCF)cc4)C(=O)NCc4ccc(C(F)(F)F)cc4)nn3)cc2s1. The molecule has 17 heteroatoms. The minimum Gasteiger partial charge on any atom is -0.491 e. The average molecular weight is 679 g/mol. The number of thiazole rings is 1. The topological polar surface area (TPSA) is 151 Å². The second kappa shape index (κ2) is 13.8. The van der Waals surface area contributed by atoms with Crippen molar-refractivity contribution in [3.63, 3.8) is 0 Å². The smallest absolute Gasteiger partial charge is 0.416 e. The third-order valence-corrected chi connectivity index (χ3v) is 8.93. The molecule has 0 spiro atoms. The minimum atomic E-state index is -4.47. The van der Waals surface area contributed by atoms with Gasteiger partial charge in [-0.05, 0) is 53.6 Å². The largest absolute Gasteiger partial charge is 0.491 e. The molecule has 0 aliphatic heterocycles. The second-order valence-corrected chi connectivity index (χ2v) is 12.7. The molecule has 0 saturated carbocycles. The number of carbonyl (C=O) groups is 1. The number of hydrogen-bond acceptors (Lipinski definition) is 9. The van der Waals surface area contributed by atoms with Crippen LogP contribution in [-0.2, 0) is 40.6 Å². The number of nitrogens with zero attached hydrogens (tertiary/aromatic N) is 4. The summed E-state index contributed by atoms with van der Waals surface area (Å²) in [6.45, 7) is -0.790. The van der Waals surface area contributed by atoms with Gasteiger partial charge in [-0.25, -0.2) is 27.6 Å². The van der Waals surface area contributed by atoms with Gasteiger partial charge in [0, 0.05) is 13.0 Å². The Bertz CT molecular complexity index is 1910. The molecular weight excluding hydrogens is 652 g/mol. The molecule has 3 aromatic carbocycles. The average Bonchev–Trinajstić information content (AvgIpc) is 3.68. The van der Waals surface area contributed by atoms with Crippen molar-refractivity contribution in [2.75, 3.05) is 13.3 Å². The predicted molar refractivity (Wildman–Crippen MR) is 159 cm³/mol. The van der Waals surface area contributed by atoms with Crippen molar-refractivity contribution in [1.82, 2.24) is 25.3 Å². The lowest BCUT2D eigenvalue weighted by molar-refractivity contribution is -0.137. The molecule has 1 amide bonds. The van der Waals surface area contributed by atoms with Crippen molar-refractivity contribution >= 4 is 37.5 Å². The zero-order chi connectivity index (χ0) is 32.9. The lowest BCUT2D eigenvalue weighted by Crippen LogP contribution is -2.34. The monoisotopic (exact) mass is 678 g/mol.